The van der Waals surface area contributed by atoms with Gasteiger partial charge in [-0.05, 0) is 18.6 Å². The van der Waals surface area contributed by atoms with Crippen LogP contribution in [0.25, 0.3) is 0 Å². The highest BCUT2D eigenvalue weighted by atomic mass is 19.2. The fraction of sp³-hybridized carbons (Fsp3) is 0.250. The lowest BCUT2D eigenvalue weighted by atomic mass is 10.1. The van der Waals surface area contributed by atoms with Crippen molar-refractivity contribution in [3.8, 4) is 0 Å². The van der Waals surface area contributed by atoms with E-state index in [-0.39, 0.29) is 5.69 Å². The molecule has 1 aliphatic rings. The number of nitrogens with one attached hydrogen (secondary N) is 2. The van der Waals surface area contributed by atoms with E-state index in [1.807, 2.05) is 0 Å². The molecule has 3 nitrogen and oxygen atoms in total. The van der Waals surface area contributed by atoms with E-state index in [2.05, 4.69) is 11.0 Å². The van der Waals surface area contributed by atoms with Crippen LogP contribution in [0, 0.1) is 18.6 Å². The molecule has 0 saturated carbocycles. The molecular weight excluding hydrogens is 176 g/mol. The first kappa shape index (κ1) is 8.25. The summed E-state index contributed by atoms with van der Waals surface area (Å²) in [6, 6.07) is 1.56. The largest absolute Gasteiger partial charge is 0.302 e. The zero-order valence-corrected chi connectivity index (χ0v) is 7.28. The maximum absolute atomic E-state index is 13.3. The fourth-order valence-electron chi connectivity index (χ4n) is 1.37. The van der Waals surface area contributed by atoms with Gasteiger partial charge in [-0.2, -0.15) is 0 Å². The highest BCUT2D eigenvalue weighted by Gasteiger charge is 2.23. The Morgan fingerprint density at radius 1 is 1.31 bits per heavy atom. The number of hydrogen-bond donors (Lipinski definition) is 2. The summed E-state index contributed by atoms with van der Waals surface area (Å²) in [5, 5.41) is 1.40. The molecule has 0 aromatic heterocycles. The number of hydrazine groups is 2. The predicted octanol–water partition coefficient (Wildman–Crippen LogP) is 1.55. The number of benzene rings is 1. The van der Waals surface area contributed by atoms with E-state index in [0.717, 1.165) is 0 Å². The van der Waals surface area contributed by atoms with Gasteiger partial charge >= 0.3 is 0 Å². The summed E-state index contributed by atoms with van der Waals surface area (Å²) in [5.41, 5.74) is 6.44. The summed E-state index contributed by atoms with van der Waals surface area (Å²) in [5.74, 6) is -1.62. The van der Waals surface area contributed by atoms with Crippen LogP contribution in [0.2, 0.25) is 0 Å². The van der Waals surface area contributed by atoms with Gasteiger partial charge in [-0.3, -0.25) is 5.01 Å². The summed E-state index contributed by atoms with van der Waals surface area (Å²) < 4.78 is 26.4. The van der Waals surface area contributed by atoms with Gasteiger partial charge < -0.3 is 5.43 Å². The van der Waals surface area contributed by atoms with Crippen molar-refractivity contribution in [3.63, 3.8) is 0 Å². The summed E-state index contributed by atoms with van der Waals surface area (Å²) in [6.07, 6.45) is 0. The van der Waals surface area contributed by atoms with E-state index in [0.29, 0.717) is 11.3 Å². The minimum atomic E-state index is -0.824. The Morgan fingerprint density at radius 3 is 2.69 bits per heavy atom. The first-order valence-electron chi connectivity index (χ1n) is 3.85. The van der Waals surface area contributed by atoms with E-state index in [4.69, 9.17) is 0 Å². The third-order valence-corrected chi connectivity index (χ3v) is 2.06. The van der Waals surface area contributed by atoms with Crippen molar-refractivity contribution in [2.24, 2.45) is 0 Å². The number of aryl methyl sites for hydroxylation is 1. The van der Waals surface area contributed by atoms with E-state index < -0.39 is 11.6 Å². The molecule has 1 aromatic rings. The molecule has 0 saturated heterocycles. The minimum absolute atomic E-state index is 0.211. The van der Waals surface area contributed by atoms with Crippen LogP contribution in [-0.2, 0) is 0 Å². The Labute approximate surface area is 74.3 Å². The van der Waals surface area contributed by atoms with Crippen molar-refractivity contribution in [2.75, 3.05) is 17.5 Å². The molecule has 1 aromatic carbocycles. The lowest BCUT2D eigenvalue weighted by Gasteiger charge is -2.11. The molecule has 13 heavy (non-hydrogen) atoms. The molecule has 2 rings (SSSR count). The standard InChI is InChI=1S/C8H9F2N3/c1-4-3-5-8(7(10)6(4)9)13(2)12-11-5/h3,11-12H,1-2H3. The van der Waals surface area contributed by atoms with Crippen LogP contribution in [0.3, 0.4) is 0 Å². The Morgan fingerprint density at radius 2 is 2.00 bits per heavy atom. The maximum atomic E-state index is 13.3. The number of anilines is 2. The van der Waals surface area contributed by atoms with Crippen molar-refractivity contribution < 1.29 is 8.78 Å². The second kappa shape index (κ2) is 2.56. The Bertz CT molecular complexity index is 365. The van der Waals surface area contributed by atoms with E-state index in [1.54, 1.807) is 13.1 Å². The first-order valence-corrected chi connectivity index (χ1v) is 3.85. The van der Waals surface area contributed by atoms with Gasteiger partial charge in [0, 0.05) is 7.05 Å². The molecule has 0 spiro atoms. The predicted molar refractivity (Wildman–Crippen MR) is 46.3 cm³/mol. The summed E-state index contributed by atoms with van der Waals surface area (Å²) in [7, 11) is 1.61. The van der Waals surface area contributed by atoms with Crippen molar-refractivity contribution in [1.82, 2.24) is 5.53 Å². The monoisotopic (exact) mass is 185 g/mol. The molecule has 1 heterocycles. The van der Waals surface area contributed by atoms with Crippen LogP contribution in [0.15, 0.2) is 6.07 Å². The Balaban J connectivity index is 2.68. The number of fused-ring (bicyclic) bond motifs is 1. The molecule has 2 N–H and O–H groups in total. The fourth-order valence-corrected chi connectivity index (χ4v) is 1.37. The van der Waals surface area contributed by atoms with Crippen molar-refractivity contribution >= 4 is 11.4 Å². The average Bonchev–Trinajstić information content (AvgIpc) is 2.43. The normalized spacial score (nSPS) is 14.3. The second-order valence-corrected chi connectivity index (χ2v) is 3.01. The summed E-state index contributed by atoms with van der Waals surface area (Å²) in [4.78, 5) is 0. The topological polar surface area (TPSA) is 27.3 Å². The van der Waals surface area contributed by atoms with Gasteiger partial charge in [-0.1, -0.05) is 0 Å². The number of nitrogens with zero attached hydrogens (tertiary/aromatic N) is 1. The molecule has 0 aliphatic carbocycles. The average molecular weight is 185 g/mol. The van der Waals surface area contributed by atoms with Gasteiger partial charge in [-0.25, -0.2) is 8.78 Å². The number of hydrogen-bond acceptors (Lipinski definition) is 3. The SMILES string of the molecule is Cc1cc2c(c(F)c1F)N(C)NN2. The van der Waals surface area contributed by atoms with Crippen LogP contribution in [-0.4, -0.2) is 7.05 Å². The molecule has 0 bridgehead atoms. The number of halogens is 2. The van der Waals surface area contributed by atoms with Crippen LogP contribution in [0.5, 0.6) is 0 Å². The molecule has 0 fully saturated rings. The van der Waals surface area contributed by atoms with Crippen LogP contribution in [0.1, 0.15) is 5.56 Å². The lowest BCUT2D eigenvalue weighted by Crippen LogP contribution is -2.32. The molecule has 0 atom stereocenters. The van der Waals surface area contributed by atoms with Gasteiger partial charge in [0.15, 0.2) is 11.6 Å². The van der Waals surface area contributed by atoms with Gasteiger partial charge in [0.2, 0.25) is 0 Å². The second-order valence-electron chi connectivity index (χ2n) is 3.01. The van der Waals surface area contributed by atoms with Crippen molar-refractivity contribution in [1.29, 1.82) is 0 Å². The molecule has 0 radical (unpaired) electrons. The van der Waals surface area contributed by atoms with Crippen molar-refractivity contribution in [2.45, 2.75) is 6.92 Å². The smallest absolute Gasteiger partial charge is 0.185 e. The highest BCUT2D eigenvalue weighted by Crippen LogP contribution is 2.33. The van der Waals surface area contributed by atoms with Crippen molar-refractivity contribution in [3.05, 3.63) is 23.3 Å². The minimum Gasteiger partial charge on any atom is -0.302 e. The maximum Gasteiger partial charge on any atom is 0.185 e. The van der Waals surface area contributed by atoms with Gasteiger partial charge in [0.25, 0.3) is 0 Å². The Kier molecular flexibility index (Phi) is 1.63. The number of rotatable bonds is 0. The highest BCUT2D eigenvalue weighted by molar-refractivity contribution is 5.74. The quantitative estimate of drug-likeness (QED) is 0.642. The Hall–Kier alpha value is -1.36. The van der Waals surface area contributed by atoms with Crippen LogP contribution >= 0.6 is 0 Å². The third-order valence-electron chi connectivity index (χ3n) is 2.06. The molecule has 1 aliphatic heterocycles. The van der Waals surface area contributed by atoms with Crippen LogP contribution < -0.4 is 16.0 Å². The van der Waals surface area contributed by atoms with E-state index in [1.165, 1.54) is 11.9 Å². The van der Waals surface area contributed by atoms with Crippen LogP contribution in [0.4, 0.5) is 20.2 Å². The summed E-state index contributed by atoms with van der Waals surface area (Å²) >= 11 is 0. The van der Waals surface area contributed by atoms with E-state index in [9.17, 15) is 8.78 Å². The zero-order chi connectivity index (χ0) is 9.59. The molecule has 5 heteroatoms. The molecule has 0 amide bonds. The van der Waals surface area contributed by atoms with Gasteiger partial charge in [0.1, 0.15) is 5.69 Å². The third kappa shape index (κ3) is 1.04. The summed E-state index contributed by atoms with van der Waals surface area (Å²) in [6.45, 7) is 1.53. The molecular formula is C8H9F2N3. The lowest BCUT2D eigenvalue weighted by molar-refractivity contribution is 0.503. The van der Waals surface area contributed by atoms with Gasteiger partial charge in [0.05, 0.1) is 5.69 Å². The van der Waals surface area contributed by atoms with Gasteiger partial charge in [-0.15, -0.1) is 5.53 Å². The zero-order valence-electron chi connectivity index (χ0n) is 7.28. The molecule has 70 valence electrons. The molecule has 0 unspecified atom stereocenters. The first-order chi connectivity index (χ1) is 6.11. The van der Waals surface area contributed by atoms with E-state index >= 15 is 0 Å².